The van der Waals surface area contributed by atoms with Gasteiger partial charge in [-0.1, -0.05) is 0 Å². The molecule has 1 saturated heterocycles. The first-order chi connectivity index (χ1) is 8.72. The predicted molar refractivity (Wildman–Crippen MR) is 68.1 cm³/mol. The molecule has 1 atom stereocenters. The van der Waals surface area contributed by atoms with Gasteiger partial charge in [0.15, 0.2) is 0 Å². The highest BCUT2D eigenvalue weighted by molar-refractivity contribution is 5.94. The molecule has 0 radical (unpaired) electrons. The Labute approximate surface area is 106 Å². The van der Waals surface area contributed by atoms with Gasteiger partial charge in [-0.25, -0.2) is 4.79 Å². The van der Waals surface area contributed by atoms with E-state index >= 15 is 0 Å². The average Bonchev–Trinajstić information content (AvgIpc) is 2.88. The number of aromatic carboxylic acids is 1. The van der Waals surface area contributed by atoms with E-state index in [1.807, 2.05) is 11.8 Å². The van der Waals surface area contributed by atoms with Crippen LogP contribution in [-0.4, -0.2) is 41.9 Å². The number of hydrogen-bond acceptors (Lipinski definition) is 4. The third-order valence-corrected chi connectivity index (χ3v) is 3.20. The van der Waals surface area contributed by atoms with E-state index in [4.69, 9.17) is 4.74 Å². The molecule has 0 bridgehead atoms. The van der Waals surface area contributed by atoms with Gasteiger partial charge in [-0.05, 0) is 25.8 Å². The number of pyridine rings is 1. The summed E-state index contributed by atoms with van der Waals surface area (Å²) in [5.41, 5.74) is 0.966. The van der Waals surface area contributed by atoms with E-state index in [9.17, 15) is 9.90 Å². The molecule has 1 aliphatic heterocycles. The minimum absolute atomic E-state index is 0.208. The maximum atomic E-state index is 11.2. The van der Waals surface area contributed by atoms with E-state index in [2.05, 4.69) is 4.98 Å². The summed E-state index contributed by atoms with van der Waals surface area (Å²) >= 11 is 0. The van der Waals surface area contributed by atoms with Gasteiger partial charge in [-0.2, -0.15) is 0 Å². The van der Waals surface area contributed by atoms with Gasteiger partial charge in [0, 0.05) is 32.1 Å². The molecule has 1 fully saturated rings. The second-order valence-electron chi connectivity index (χ2n) is 4.37. The summed E-state index contributed by atoms with van der Waals surface area (Å²) in [6.45, 7) is 4.32. The zero-order valence-corrected chi connectivity index (χ0v) is 10.5. The Balaban J connectivity index is 2.18. The van der Waals surface area contributed by atoms with Crippen molar-refractivity contribution in [2.45, 2.75) is 25.9 Å². The van der Waals surface area contributed by atoms with Crippen molar-refractivity contribution >= 4 is 11.7 Å². The van der Waals surface area contributed by atoms with Crippen LogP contribution in [0, 0.1) is 0 Å². The van der Waals surface area contributed by atoms with Crippen LogP contribution in [0.2, 0.25) is 0 Å². The molecule has 2 heterocycles. The molecule has 2 rings (SSSR count). The van der Waals surface area contributed by atoms with Crippen LogP contribution in [0.4, 0.5) is 5.69 Å². The molecule has 1 unspecified atom stereocenters. The fourth-order valence-corrected chi connectivity index (χ4v) is 2.26. The quantitative estimate of drug-likeness (QED) is 0.863. The van der Waals surface area contributed by atoms with Gasteiger partial charge < -0.3 is 14.7 Å². The number of anilines is 1. The van der Waals surface area contributed by atoms with Crippen LogP contribution in [0.15, 0.2) is 18.5 Å². The van der Waals surface area contributed by atoms with Crippen molar-refractivity contribution < 1.29 is 14.6 Å². The Morgan fingerprint density at radius 2 is 2.50 bits per heavy atom. The fourth-order valence-electron chi connectivity index (χ4n) is 2.26. The number of rotatable bonds is 5. The number of hydrogen-bond donors (Lipinski definition) is 1. The van der Waals surface area contributed by atoms with E-state index in [-0.39, 0.29) is 11.7 Å². The van der Waals surface area contributed by atoms with Gasteiger partial charge in [0.25, 0.3) is 0 Å². The second-order valence-corrected chi connectivity index (χ2v) is 4.37. The van der Waals surface area contributed by atoms with Gasteiger partial charge in [0.2, 0.25) is 0 Å². The highest BCUT2D eigenvalue weighted by atomic mass is 16.5. The summed E-state index contributed by atoms with van der Waals surface area (Å²) in [5, 5.41) is 9.17. The second kappa shape index (κ2) is 5.82. The zero-order valence-electron chi connectivity index (χ0n) is 10.5. The summed E-state index contributed by atoms with van der Waals surface area (Å²) < 4.78 is 5.60. The predicted octanol–water partition coefficient (Wildman–Crippen LogP) is 1.79. The maximum absolute atomic E-state index is 11.2. The zero-order chi connectivity index (χ0) is 13.0. The molecule has 0 aliphatic carbocycles. The van der Waals surface area contributed by atoms with Crippen molar-refractivity contribution in [1.29, 1.82) is 0 Å². The van der Waals surface area contributed by atoms with Crippen molar-refractivity contribution in [2.24, 2.45) is 0 Å². The minimum Gasteiger partial charge on any atom is -0.478 e. The number of aromatic nitrogens is 1. The third kappa shape index (κ3) is 2.79. The molecule has 1 aromatic rings. The van der Waals surface area contributed by atoms with Crippen molar-refractivity contribution in [3.63, 3.8) is 0 Å². The standard InChI is InChI=1S/C13H18N2O3/c1-2-15(9-10-4-3-7-18-10)12-5-6-14-8-11(12)13(16)17/h5-6,8,10H,2-4,7,9H2,1H3,(H,16,17). The van der Waals surface area contributed by atoms with Gasteiger partial charge in [0.1, 0.15) is 5.56 Å². The van der Waals surface area contributed by atoms with E-state index in [0.717, 1.165) is 38.2 Å². The highest BCUT2D eigenvalue weighted by Crippen LogP contribution is 2.22. The molecular formula is C13H18N2O3. The van der Waals surface area contributed by atoms with Crippen LogP contribution < -0.4 is 4.90 Å². The number of likely N-dealkylation sites (N-methyl/N-ethyl adjacent to an activating group) is 1. The Bertz CT molecular complexity index is 416. The number of ether oxygens (including phenoxy) is 1. The summed E-state index contributed by atoms with van der Waals surface area (Å²) in [6, 6.07) is 1.75. The first-order valence-corrected chi connectivity index (χ1v) is 6.26. The van der Waals surface area contributed by atoms with Crippen molar-refractivity contribution in [3.05, 3.63) is 24.0 Å². The van der Waals surface area contributed by atoms with Gasteiger partial charge in [-0.3, -0.25) is 4.98 Å². The topological polar surface area (TPSA) is 62.7 Å². The summed E-state index contributed by atoms with van der Waals surface area (Å²) in [6.07, 6.45) is 5.36. The van der Waals surface area contributed by atoms with E-state index < -0.39 is 5.97 Å². The average molecular weight is 250 g/mol. The van der Waals surface area contributed by atoms with Crippen molar-refractivity contribution in [1.82, 2.24) is 4.98 Å². The molecule has 5 nitrogen and oxygen atoms in total. The molecule has 1 N–H and O–H groups in total. The lowest BCUT2D eigenvalue weighted by atomic mass is 10.1. The molecule has 1 aromatic heterocycles. The SMILES string of the molecule is CCN(CC1CCCO1)c1ccncc1C(=O)O. The lowest BCUT2D eigenvalue weighted by Crippen LogP contribution is -2.33. The van der Waals surface area contributed by atoms with Gasteiger partial charge in [0.05, 0.1) is 11.8 Å². The van der Waals surface area contributed by atoms with Crippen LogP contribution in [0.1, 0.15) is 30.1 Å². The van der Waals surface area contributed by atoms with E-state index in [1.165, 1.54) is 6.20 Å². The Kier molecular flexibility index (Phi) is 4.15. The largest absolute Gasteiger partial charge is 0.478 e. The van der Waals surface area contributed by atoms with Crippen molar-refractivity contribution in [3.8, 4) is 0 Å². The van der Waals surface area contributed by atoms with E-state index in [1.54, 1.807) is 12.3 Å². The first kappa shape index (κ1) is 12.8. The number of carboxylic acids is 1. The molecule has 0 aromatic carbocycles. The van der Waals surface area contributed by atoms with Crippen LogP contribution in [0.5, 0.6) is 0 Å². The number of carbonyl (C=O) groups is 1. The molecule has 0 saturated carbocycles. The molecule has 18 heavy (non-hydrogen) atoms. The van der Waals surface area contributed by atoms with Crippen molar-refractivity contribution in [2.75, 3.05) is 24.6 Å². The first-order valence-electron chi connectivity index (χ1n) is 6.26. The van der Waals surface area contributed by atoms with Crippen LogP contribution in [0.3, 0.4) is 0 Å². The van der Waals surface area contributed by atoms with Gasteiger partial charge in [-0.15, -0.1) is 0 Å². The maximum Gasteiger partial charge on any atom is 0.339 e. The lowest BCUT2D eigenvalue weighted by Gasteiger charge is -2.27. The van der Waals surface area contributed by atoms with Crippen LogP contribution >= 0.6 is 0 Å². The van der Waals surface area contributed by atoms with Gasteiger partial charge >= 0.3 is 5.97 Å². The molecule has 5 heteroatoms. The lowest BCUT2D eigenvalue weighted by molar-refractivity contribution is 0.0696. The minimum atomic E-state index is -0.941. The number of nitrogens with zero attached hydrogens (tertiary/aromatic N) is 2. The molecule has 1 aliphatic rings. The van der Waals surface area contributed by atoms with Crippen LogP contribution in [-0.2, 0) is 4.74 Å². The van der Waals surface area contributed by atoms with Crippen LogP contribution in [0.25, 0.3) is 0 Å². The van der Waals surface area contributed by atoms with E-state index in [0.29, 0.717) is 0 Å². The summed E-state index contributed by atoms with van der Waals surface area (Å²) in [5.74, 6) is -0.941. The highest BCUT2D eigenvalue weighted by Gasteiger charge is 2.21. The molecule has 0 spiro atoms. The molecule has 98 valence electrons. The smallest absolute Gasteiger partial charge is 0.339 e. The summed E-state index contributed by atoms with van der Waals surface area (Å²) in [4.78, 5) is 17.1. The Morgan fingerprint density at radius 1 is 1.67 bits per heavy atom. The third-order valence-electron chi connectivity index (χ3n) is 3.20. The molecule has 0 amide bonds. The Hall–Kier alpha value is -1.62. The monoisotopic (exact) mass is 250 g/mol. The fraction of sp³-hybridized carbons (Fsp3) is 0.538. The summed E-state index contributed by atoms with van der Waals surface area (Å²) in [7, 11) is 0. The number of carboxylic acid groups (broad SMARTS) is 1. The Morgan fingerprint density at radius 3 is 3.11 bits per heavy atom. The molecular weight excluding hydrogens is 232 g/mol. The normalized spacial score (nSPS) is 18.8.